The summed E-state index contributed by atoms with van der Waals surface area (Å²) in [5, 5.41) is 2.24. The Kier molecular flexibility index (Phi) is 7.83. The lowest BCUT2D eigenvalue weighted by atomic mass is 9.96. The first-order valence-electron chi connectivity index (χ1n) is 12.0. The molecule has 1 heterocycles. The van der Waals surface area contributed by atoms with Crippen molar-refractivity contribution in [2.75, 3.05) is 38.4 Å². The van der Waals surface area contributed by atoms with E-state index in [1.165, 1.54) is 57.7 Å². The van der Waals surface area contributed by atoms with Crippen LogP contribution in [0.2, 0.25) is 0 Å². The molecule has 0 fully saturated rings. The van der Waals surface area contributed by atoms with E-state index in [0.717, 1.165) is 22.7 Å². The lowest BCUT2D eigenvalue weighted by molar-refractivity contribution is 0.0597. The van der Waals surface area contributed by atoms with Gasteiger partial charge in [0, 0.05) is 30.8 Å². The number of ether oxygens (including phenoxy) is 2. The topological polar surface area (TPSA) is 115 Å². The summed E-state index contributed by atoms with van der Waals surface area (Å²) >= 11 is 0. The molecule has 210 valence electrons. The van der Waals surface area contributed by atoms with E-state index in [4.69, 9.17) is 13.9 Å². The van der Waals surface area contributed by atoms with E-state index in [9.17, 15) is 22.4 Å². The van der Waals surface area contributed by atoms with E-state index in [2.05, 4.69) is 5.32 Å². The molecule has 0 unspecified atom stereocenters. The molecule has 40 heavy (non-hydrogen) atoms. The van der Waals surface area contributed by atoms with Gasteiger partial charge in [0.2, 0.25) is 10.0 Å². The van der Waals surface area contributed by atoms with Gasteiger partial charge in [0.1, 0.15) is 34.3 Å². The zero-order valence-electron chi connectivity index (χ0n) is 22.3. The molecule has 0 saturated carbocycles. The van der Waals surface area contributed by atoms with Gasteiger partial charge in [-0.15, -0.1) is 0 Å². The van der Waals surface area contributed by atoms with E-state index >= 15 is 4.39 Å². The molecule has 0 saturated heterocycles. The molecule has 0 aliphatic heterocycles. The molecule has 0 radical (unpaired) electrons. The molecule has 1 amide bonds. The number of nitrogens with one attached hydrogen (secondary N) is 1. The van der Waals surface area contributed by atoms with Crippen molar-refractivity contribution >= 4 is 38.6 Å². The molecule has 1 aromatic heterocycles. The number of hydrogen-bond acceptors (Lipinski definition) is 7. The van der Waals surface area contributed by atoms with Crippen LogP contribution in [-0.4, -0.2) is 54.4 Å². The Balaban J connectivity index is 2.18. The standard InChI is InChI=1S/C28H26F2N2O7S/c1-6-32(40(5,35)36)19-14-21-23(24(27(33)31-2)26(39-21)15-7-10-17(29)11-8-15)25(30)22(19)16-9-12-20(37-3)18(13-16)28(34)38-4/h7-14H,6H2,1-5H3,(H,31,33). The minimum atomic E-state index is -3.92. The highest BCUT2D eigenvalue weighted by Gasteiger charge is 2.31. The first-order valence-corrected chi connectivity index (χ1v) is 13.8. The predicted octanol–water partition coefficient (Wildman–Crippen LogP) is 4.99. The summed E-state index contributed by atoms with van der Waals surface area (Å²) in [4.78, 5) is 25.5. The molecule has 3 aromatic carbocycles. The molecule has 9 nitrogen and oxygen atoms in total. The molecule has 12 heteroatoms. The normalized spacial score (nSPS) is 11.4. The number of amides is 1. The highest BCUT2D eigenvalue weighted by Crippen LogP contribution is 2.44. The Morgan fingerprint density at radius 2 is 1.68 bits per heavy atom. The molecule has 0 aliphatic rings. The molecule has 0 aliphatic carbocycles. The first kappa shape index (κ1) is 28.6. The van der Waals surface area contributed by atoms with Crippen LogP contribution in [0, 0.1) is 11.6 Å². The van der Waals surface area contributed by atoms with E-state index in [0.29, 0.717) is 5.56 Å². The number of esters is 1. The van der Waals surface area contributed by atoms with Crippen molar-refractivity contribution in [1.29, 1.82) is 0 Å². The van der Waals surface area contributed by atoms with Crippen molar-refractivity contribution in [3.63, 3.8) is 0 Å². The number of carbonyl (C=O) groups is 2. The van der Waals surface area contributed by atoms with E-state index in [-0.39, 0.29) is 57.0 Å². The Hall–Kier alpha value is -4.45. The number of nitrogens with zero attached hydrogens (tertiary/aromatic N) is 1. The van der Waals surface area contributed by atoms with Crippen LogP contribution in [0.5, 0.6) is 5.75 Å². The van der Waals surface area contributed by atoms with Gasteiger partial charge in [0.25, 0.3) is 5.91 Å². The second-order valence-electron chi connectivity index (χ2n) is 8.68. The quantitative estimate of drug-likeness (QED) is 0.296. The van der Waals surface area contributed by atoms with Gasteiger partial charge in [-0.3, -0.25) is 9.10 Å². The first-order chi connectivity index (χ1) is 19.0. The van der Waals surface area contributed by atoms with Crippen molar-refractivity contribution in [1.82, 2.24) is 5.32 Å². The summed E-state index contributed by atoms with van der Waals surface area (Å²) < 4.78 is 73.0. The predicted molar refractivity (Wildman–Crippen MR) is 146 cm³/mol. The Morgan fingerprint density at radius 1 is 1.02 bits per heavy atom. The van der Waals surface area contributed by atoms with Crippen molar-refractivity contribution in [2.45, 2.75) is 6.92 Å². The number of benzene rings is 3. The monoisotopic (exact) mass is 572 g/mol. The van der Waals surface area contributed by atoms with Crippen LogP contribution in [0.1, 0.15) is 27.6 Å². The molecule has 4 aromatic rings. The summed E-state index contributed by atoms with van der Waals surface area (Å²) in [7, 11) is -0.0419. The zero-order valence-corrected chi connectivity index (χ0v) is 23.1. The van der Waals surface area contributed by atoms with Gasteiger partial charge in [-0.2, -0.15) is 0 Å². The van der Waals surface area contributed by atoms with Gasteiger partial charge in [-0.25, -0.2) is 22.0 Å². The third kappa shape index (κ3) is 4.97. The maximum absolute atomic E-state index is 16.8. The third-order valence-electron chi connectivity index (χ3n) is 6.31. The van der Waals surface area contributed by atoms with Crippen LogP contribution < -0.4 is 14.4 Å². The fourth-order valence-corrected chi connectivity index (χ4v) is 5.51. The summed E-state index contributed by atoms with van der Waals surface area (Å²) in [6.07, 6.45) is 0.971. The van der Waals surface area contributed by atoms with Crippen LogP contribution in [0.15, 0.2) is 52.9 Å². The second-order valence-corrected chi connectivity index (χ2v) is 10.6. The van der Waals surface area contributed by atoms with E-state index in [1.807, 2.05) is 0 Å². The minimum Gasteiger partial charge on any atom is -0.496 e. The molecule has 1 N–H and O–H groups in total. The number of fused-ring (bicyclic) bond motifs is 1. The lowest BCUT2D eigenvalue weighted by Gasteiger charge is -2.24. The van der Waals surface area contributed by atoms with Gasteiger partial charge >= 0.3 is 5.97 Å². The maximum Gasteiger partial charge on any atom is 0.341 e. The molecule has 4 rings (SSSR count). The molecular weight excluding hydrogens is 546 g/mol. The average molecular weight is 573 g/mol. The zero-order chi connectivity index (χ0) is 29.4. The van der Waals surface area contributed by atoms with E-state index in [1.54, 1.807) is 6.92 Å². The smallest absolute Gasteiger partial charge is 0.341 e. The number of rotatable bonds is 8. The Labute approximate surface area is 229 Å². The summed E-state index contributed by atoms with van der Waals surface area (Å²) in [6, 6.07) is 10.6. The highest BCUT2D eigenvalue weighted by molar-refractivity contribution is 7.92. The van der Waals surface area contributed by atoms with Crippen molar-refractivity contribution < 1.29 is 40.7 Å². The number of anilines is 1. The van der Waals surface area contributed by atoms with Crippen molar-refractivity contribution in [3.05, 3.63) is 71.3 Å². The van der Waals surface area contributed by atoms with Gasteiger partial charge in [0.15, 0.2) is 0 Å². The number of halogens is 2. The van der Waals surface area contributed by atoms with Crippen LogP contribution >= 0.6 is 0 Å². The number of sulfonamides is 1. The fraction of sp³-hybridized carbons (Fsp3) is 0.214. The largest absolute Gasteiger partial charge is 0.496 e. The van der Waals surface area contributed by atoms with Gasteiger partial charge in [-0.1, -0.05) is 6.07 Å². The number of furan rings is 1. The average Bonchev–Trinajstić information content (AvgIpc) is 3.31. The van der Waals surface area contributed by atoms with Gasteiger partial charge < -0.3 is 19.2 Å². The van der Waals surface area contributed by atoms with Crippen LogP contribution in [0.3, 0.4) is 0 Å². The van der Waals surface area contributed by atoms with Crippen molar-refractivity contribution in [2.24, 2.45) is 0 Å². The third-order valence-corrected chi connectivity index (χ3v) is 7.56. The van der Waals surface area contributed by atoms with Crippen LogP contribution in [0.4, 0.5) is 14.5 Å². The van der Waals surface area contributed by atoms with Crippen LogP contribution in [0.25, 0.3) is 33.4 Å². The Bertz CT molecular complexity index is 1730. The molecule has 0 bridgehead atoms. The van der Waals surface area contributed by atoms with E-state index < -0.39 is 33.5 Å². The summed E-state index contributed by atoms with van der Waals surface area (Å²) in [5.41, 5.74) is -0.183. The number of hydrogen-bond donors (Lipinski definition) is 1. The highest BCUT2D eigenvalue weighted by atomic mass is 32.2. The lowest BCUT2D eigenvalue weighted by Crippen LogP contribution is -2.30. The van der Waals surface area contributed by atoms with Gasteiger partial charge in [0.05, 0.1) is 37.1 Å². The minimum absolute atomic E-state index is 0.0268. The van der Waals surface area contributed by atoms with Crippen LogP contribution in [-0.2, 0) is 14.8 Å². The molecule has 0 atom stereocenters. The summed E-state index contributed by atoms with van der Waals surface area (Å²) in [6.45, 7) is 1.51. The SMILES string of the molecule is CCN(c1cc2oc(-c3ccc(F)cc3)c(C(=O)NC)c2c(F)c1-c1ccc(OC)c(C(=O)OC)c1)S(C)(=O)=O. The summed E-state index contributed by atoms with van der Waals surface area (Å²) in [5.74, 6) is -2.82. The second kappa shape index (κ2) is 11.0. The van der Waals surface area contributed by atoms with Gasteiger partial charge in [-0.05, 0) is 48.9 Å². The maximum atomic E-state index is 16.8. The molecule has 0 spiro atoms. The fourth-order valence-electron chi connectivity index (χ4n) is 4.54. The number of carbonyl (C=O) groups excluding carboxylic acids is 2. The Morgan fingerprint density at radius 3 is 2.23 bits per heavy atom. The molecular formula is C28H26F2N2O7S. The van der Waals surface area contributed by atoms with Crippen molar-refractivity contribution in [3.8, 4) is 28.2 Å². The number of methoxy groups -OCH3 is 2.